The molecule has 0 bridgehead atoms. The molecule has 0 heterocycles. The highest BCUT2D eigenvalue weighted by molar-refractivity contribution is 5.85. The quantitative estimate of drug-likeness (QED) is 0.883. The van der Waals surface area contributed by atoms with Crippen molar-refractivity contribution in [2.45, 2.75) is 56.1 Å². The van der Waals surface area contributed by atoms with Gasteiger partial charge in [-0.15, -0.1) is 12.4 Å². The highest BCUT2D eigenvalue weighted by Crippen LogP contribution is 2.41. The third-order valence-corrected chi connectivity index (χ3v) is 4.24. The summed E-state index contributed by atoms with van der Waals surface area (Å²) in [5.74, 6) is 0.756. The Morgan fingerprint density at radius 1 is 1.00 bits per heavy atom. The molecule has 3 N–H and O–H groups in total. The molecule has 2 atom stereocenters. The highest BCUT2D eigenvalue weighted by Gasteiger charge is 2.39. The molecule has 1 aromatic rings. The minimum atomic E-state index is 0. The van der Waals surface area contributed by atoms with E-state index >= 15 is 0 Å². The van der Waals surface area contributed by atoms with Crippen LogP contribution in [-0.2, 0) is 0 Å². The third-order valence-electron chi connectivity index (χ3n) is 4.24. The van der Waals surface area contributed by atoms with Crippen LogP contribution >= 0.6 is 12.4 Å². The van der Waals surface area contributed by atoms with Crippen LogP contribution in [0.1, 0.15) is 43.6 Å². The van der Waals surface area contributed by atoms with Crippen LogP contribution in [0.5, 0.6) is 0 Å². The number of halogens is 1. The molecule has 0 aromatic heterocycles. The monoisotopic (exact) mass is 266 g/mol. The number of benzene rings is 1. The van der Waals surface area contributed by atoms with Gasteiger partial charge < -0.3 is 11.1 Å². The van der Waals surface area contributed by atoms with Crippen molar-refractivity contribution in [1.29, 1.82) is 0 Å². The summed E-state index contributed by atoms with van der Waals surface area (Å²) in [5, 5.41) is 3.81. The first-order valence-corrected chi connectivity index (χ1v) is 6.89. The van der Waals surface area contributed by atoms with Crippen molar-refractivity contribution in [3.8, 4) is 0 Å². The molecule has 0 saturated heterocycles. The van der Waals surface area contributed by atoms with E-state index in [1.54, 1.807) is 0 Å². The number of nitrogens with two attached hydrogens (primary N) is 1. The van der Waals surface area contributed by atoms with Crippen molar-refractivity contribution in [2.24, 2.45) is 5.73 Å². The Hall–Kier alpha value is -0.570. The first-order chi connectivity index (χ1) is 8.33. The summed E-state index contributed by atoms with van der Waals surface area (Å²) in [6, 6.07) is 12.8. The third kappa shape index (κ3) is 3.25. The molecule has 3 rings (SSSR count). The normalized spacial score (nSPS) is 34.7. The molecular weight excluding hydrogens is 244 g/mol. The number of hydrogen-bond acceptors (Lipinski definition) is 2. The molecule has 2 nitrogen and oxygen atoms in total. The molecule has 0 unspecified atom stereocenters. The number of hydrogen-bond donors (Lipinski definition) is 2. The lowest BCUT2D eigenvalue weighted by Gasteiger charge is -2.27. The van der Waals surface area contributed by atoms with Crippen LogP contribution in [0, 0.1) is 0 Å². The molecule has 0 aliphatic heterocycles. The summed E-state index contributed by atoms with van der Waals surface area (Å²) in [6.07, 6.45) is 6.23. The van der Waals surface area contributed by atoms with E-state index in [0.29, 0.717) is 12.1 Å². The standard InChI is InChI=1S/C15H22N2.ClH/c16-12-6-8-13(9-7-12)17-15-10-14(15)11-4-2-1-3-5-11;/h1-5,12-15,17H,6-10,16H2;1H/t12?,13?,14-,15+;/m0./s1. The zero-order chi connectivity index (χ0) is 11.7. The molecule has 18 heavy (non-hydrogen) atoms. The molecule has 100 valence electrons. The molecule has 2 aliphatic rings. The van der Waals surface area contributed by atoms with Crippen LogP contribution in [0.4, 0.5) is 0 Å². The van der Waals surface area contributed by atoms with Crippen LogP contribution in [-0.4, -0.2) is 18.1 Å². The number of rotatable bonds is 3. The lowest BCUT2D eigenvalue weighted by molar-refractivity contribution is 0.339. The van der Waals surface area contributed by atoms with Crippen LogP contribution in [0.15, 0.2) is 30.3 Å². The Balaban J connectivity index is 0.00000120. The van der Waals surface area contributed by atoms with Gasteiger partial charge in [0.2, 0.25) is 0 Å². The summed E-state index contributed by atoms with van der Waals surface area (Å²) < 4.78 is 0. The van der Waals surface area contributed by atoms with Crippen LogP contribution in [0.2, 0.25) is 0 Å². The predicted molar refractivity (Wildman–Crippen MR) is 78.2 cm³/mol. The molecule has 2 saturated carbocycles. The Bertz CT molecular complexity index is 360. The first kappa shape index (κ1) is 13.9. The second-order valence-corrected chi connectivity index (χ2v) is 5.64. The molecule has 0 radical (unpaired) electrons. The molecule has 2 aliphatic carbocycles. The molecule has 3 heteroatoms. The van der Waals surface area contributed by atoms with E-state index in [2.05, 4.69) is 35.6 Å². The van der Waals surface area contributed by atoms with Gasteiger partial charge in [-0.3, -0.25) is 0 Å². The highest BCUT2D eigenvalue weighted by atomic mass is 35.5. The summed E-state index contributed by atoms with van der Waals surface area (Å²) >= 11 is 0. The van der Waals surface area contributed by atoms with Gasteiger partial charge in [-0.25, -0.2) is 0 Å². The average Bonchev–Trinajstić information content (AvgIpc) is 3.13. The van der Waals surface area contributed by atoms with E-state index < -0.39 is 0 Å². The van der Waals surface area contributed by atoms with Crippen molar-refractivity contribution in [3.63, 3.8) is 0 Å². The van der Waals surface area contributed by atoms with E-state index in [-0.39, 0.29) is 12.4 Å². The predicted octanol–water partition coefficient (Wildman–Crippen LogP) is 2.82. The molecule has 1 aromatic carbocycles. The van der Waals surface area contributed by atoms with Crippen molar-refractivity contribution in [3.05, 3.63) is 35.9 Å². The van der Waals surface area contributed by atoms with Gasteiger partial charge in [0.1, 0.15) is 0 Å². The van der Waals surface area contributed by atoms with Crippen molar-refractivity contribution in [2.75, 3.05) is 0 Å². The lowest BCUT2D eigenvalue weighted by atomic mass is 9.92. The van der Waals surface area contributed by atoms with Crippen molar-refractivity contribution in [1.82, 2.24) is 5.32 Å². The zero-order valence-corrected chi connectivity index (χ0v) is 11.5. The molecule has 0 amide bonds. The second-order valence-electron chi connectivity index (χ2n) is 5.64. The van der Waals surface area contributed by atoms with Gasteiger partial charge in [-0.1, -0.05) is 30.3 Å². The Kier molecular flexibility index (Phi) is 4.66. The van der Waals surface area contributed by atoms with Crippen molar-refractivity contribution < 1.29 is 0 Å². The van der Waals surface area contributed by atoms with Gasteiger partial charge in [0, 0.05) is 24.0 Å². The summed E-state index contributed by atoms with van der Waals surface area (Å²) in [7, 11) is 0. The summed E-state index contributed by atoms with van der Waals surface area (Å²) in [5.41, 5.74) is 7.43. The fourth-order valence-corrected chi connectivity index (χ4v) is 3.04. The molecule has 2 fully saturated rings. The first-order valence-electron chi connectivity index (χ1n) is 6.89. The van der Waals surface area contributed by atoms with Crippen molar-refractivity contribution >= 4 is 12.4 Å². The molecular formula is C15H23ClN2. The second kappa shape index (κ2) is 6.05. The van der Waals surface area contributed by atoms with E-state index in [1.165, 1.54) is 37.7 Å². The average molecular weight is 267 g/mol. The largest absolute Gasteiger partial charge is 0.328 e. The maximum absolute atomic E-state index is 5.93. The fourth-order valence-electron chi connectivity index (χ4n) is 3.04. The molecule has 0 spiro atoms. The smallest absolute Gasteiger partial charge is 0.0145 e. The summed E-state index contributed by atoms with van der Waals surface area (Å²) in [4.78, 5) is 0. The number of nitrogens with one attached hydrogen (secondary N) is 1. The minimum absolute atomic E-state index is 0. The van der Waals surface area contributed by atoms with E-state index in [9.17, 15) is 0 Å². The van der Waals surface area contributed by atoms with E-state index in [1.807, 2.05) is 0 Å². The SMILES string of the molecule is Cl.NC1CCC(N[C@@H]2C[C@H]2c2ccccc2)CC1. The summed E-state index contributed by atoms with van der Waals surface area (Å²) in [6.45, 7) is 0. The fraction of sp³-hybridized carbons (Fsp3) is 0.600. The van der Waals surface area contributed by atoms with Crippen LogP contribution < -0.4 is 11.1 Å². The van der Waals surface area contributed by atoms with Crippen LogP contribution in [0.25, 0.3) is 0 Å². The van der Waals surface area contributed by atoms with Gasteiger partial charge in [0.15, 0.2) is 0 Å². The van der Waals surface area contributed by atoms with Crippen LogP contribution in [0.3, 0.4) is 0 Å². The maximum atomic E-state index is 5.93. The lowest BCUT2D eigenvalue weighted by Crippen LogP contribution is -2.38. The van der Waals surface area contributed by atoms with Gasteiger partial charge in [0.05, 0.1) is 0 Å². The van der Waals surface area contributed by atoms with Gasteiger partial charge in [-0.2, -0.15) is 0 Å². The Labute approximate surface area is 116 Å². The zero-order valence-electron chi connectivity index (χ0n) is 10.7. The van der Waals surface area contributed by atoms with Gasteiger partial charge in [0.25, 0.3) is 0 Å². The van der Waals surface area contributed by atoms with E-state index in [0.717, 1.165) is 12.0 Å². The Morgan fingerprint density at radius 3 is 2.33 bits per heavy atom. The Morgan fingerprint density at radius 2 is 1.67 bits per heavy atom. The van der Waals surface area contributed by atoms with Gasteiger partial charge in [-0.05, 0) is 37.7 Å². The minimum Gasteiger partial charge on any atom is -0.328 e. The topological polar surface area (TPSA) is 38.0 Å². The van der Waals surface area contributed by atoms with E-state index in [4.69, 9.17) is 5.73 Å². The van der Waals surface area contributed by atoms with Gasteiger partial charge >= 0.3 is 0 Å². The maximum Gasteiger partial charge on any atom is 0.0145 e.